The lowest BCUT2D eigenvalue weighted by atomic mass is 10.0. The molecule has 0 aromatic heterocycles. The second kappa shape index (κ2) is 6.29. The molecule has 0 amide bonds. The van der Waals surface area contributed by atoms with E-state index in [1.807, 2.05) is 20.9 Å². The molecule has 0 saturated heterocycles. The first-order valence-corrected chi connectivity index (χ1v) is 5.97. The summed E-state index contributed by atoms with van der Waals surface area (Å²) in [6.07, 6.45) is 0. The molecule has 0 spiro atoms. The highest BCUT2D eigenvalue weighted by Crippen LogP contribution is 2.19. The highest BCUT2D eigenvalue weighted by Gasteiger charge is 2.02. The van der Waals surface area contributed by atoms with Gasteiger partial charge in [-0.05, 0) is 36.4 Å². The maximum absolute atomic E-state index is 3.25. The normalized spacial score (nSPS) is 11.8. The Kier molecular flexibility index (Phi) is 5.00. The van der Waals surface area contributed by atoms with Gasteiger partial charge in [0.05, 0.1) is 0 Å². The zero-order valence-corrected chi connectivity index (χ0v) is 10.6. The van der Waals surface area contributed by atoms with Crippen molar-refractivity contribution in [3.63, 3.8) is 0 Å². The van der Waals surface area contributed by atoms with Gasteiger partial charge in [0.25, 0.3) is 0 Å². The van der Waals surface area contributed by atoms with Gasteiger partial charge in [-0.3, -0.25) is 0 Å². The van der Waals surface area contributed by atoms with Gasteiger partial charge in [0.1, 0.15) is 0 Å². The highest BCUT2D eigenvalue weighted by atomic mass is 14.8. The first-order chi connectivity index (χ1) is 7.81. The molecule has 2 aromatic carbocycles. The predicted molar refractivity (Wildman–Crippen MR) is 72.8 cm³/mol. The van der Waals surface area contributed by atoms with Gasteiger partial charge in [0.15, 0.2) is 0 Å². The van der Waals surface area contributed by atoms with E-state index in [0.29, 0.717) is 6.04 Å². The van der Waals surface area contributed by atoms with Crippen LogP contribution in [0.15, 0.2) is 42.5 Å². The molecule has 0 bridgehead atoms. The molecule has 1 unspecified atom stereocenters. The molecule has 1 heteroatoms. The molecule has 2 aromatic rings. The summed E-state index contributed by atoms with van der Waals surface area (Å²) in [4.78, 5) is 0. The van der Waals surface area contributed by atoms with Gasteiger partial charge in [-0.15, -0.1) is 0 Å². The number of nitrogens with one attached hydrogen (secondary N) is 1. The van der Waals surface area contributed by atoms with Crippen LogP contribution in [0.3, 0.4) is 0 Å². The molecule has 86 valence electrons. The molecule has 1 nitrogen and oxygen atoms in total. The standard InChI is InChI=1S/C13H15N.C2H6/c1-10(14-2)12-8-7-11-5-3-4-6-13(11)9-12;1-2/h3-10,14H,1-2H3;1-2H3. The van der Waals surface area contributed by atoms with Crippen molar-refractivity contribution in [2.45, 2.75) is 26.8 Å². The molecular weight excluding hydrogens is 194 g/mol. The van der Waals surface area contributed by atoms with Crippen molar-refractivity contribution in [2.24, 2.45) is 0 Å². The van der Waals surface area contributed by atoms with E-state index in [1.165, 1.54) is 16.3 Å². The third-order valence-corrected chi connectivity index (χ3v) is 2.71. The van der Waals surface area contributed by atoms with Gasteiger partial charge in [-0.2, -0.15) is 0 Å². The largest absolute Gasteiger partial charge is 0.313 e. The first kappa shape index (κ1) is 12.7. The number of hydrogen-bond acceptors (Lipinski definition) is 1. The maximum atomic E-state index is 3.25. The lowest BCUT2D eigenvalue weighted by molar-refractivity contribution is 0.653. The molecule has 0 heterocycles. The van der Waals surface area contributed by atoms with Crippen molar-refractivity contribution < 1.29 is 0 Å². The van der Waals surface area contributed by atoms with Crippen LogP contribution in [0.1, 0.15) is 32.4 Å². The molecule has 0 aliphatic carbocycles. The average molecular weight is 215 g/mol. The fraction of sp³-hybridized carbons (Fsp3) is 0.333. The topological polar surface area (TPSA) is 12.0 Å². The van der Waals surface area contributed by atoms with E-state index in [1.54, 1.807) is 0 Å². The van der Waals surface area contributed by atoms with Crippen LogP contribution in [0.4, 0.5) is 0 Å². The molecule has 1 N–H and O–H groups in total. The molecule has 0 aliphatic heterocycles. The third-order valence-electron chi connectivity index (χ3n) is 2.71. The Morgan fingerprint density at radius 2 is 1.56 bits per heavy atom. The quantitative estimate of drug-likeness (QED) is 0.793. The average Bonchev–Trinajstić information content (AvgIpc) is 2.39. The number of benzene rings is 2. The zero-order valence-electron chi connectivity index (χ0n) is 10.6. The number of hydrogen-bond donors (Lipinski definition) is 1. The van der Waals surface area contributed by atoms with Crippen molar-refractivity contribution in [3.8, 4) is 0 Å². The second-order valence-corrected chi connectivity index (χ2v) is 3.62. The van der Waals surface area contributed by atoms with Crippen LogP contribution in [0.5, 0.6) is 0 Å². The highest BCUT2D eigenvalue weighted by molar-refractivity contribution is 5.83. The van der Waals surface area contributed by atoms with Crippen LogP contribution < -0.4 is 5.32 Å². The minimum absolute atomic E-state index is 0.416. The summed E-state index contributed by atoms with van der Waals surface area (Å²) in [6, 6.07) is 15.5. The van der Waals surface area contributed by atoms with Gasteiger partial charge in [-0.25, -0.2) is 0 Å². The lowest BCUT2D eigenvalue weighted by Gasteiger charge is -2.11. The Labute approximate surface area is 98.5 Å². The fourth-order valence-corrected chi connectivity index (χ4v) is 1.64. The molecule has 0 fully saturated rings. The first-order valence-electron chi connectivity index (χ1n) is 5.97. The van der Waals surface area contributed by atoms with E-state index < -0.39 is 0 Å². The Bertz CT molecular complexity index is 434. The Hall–Kier alpha value is -1.34. The van der Waals surface area contributed by atoms with Gasteiger partial charge >= 0.3 is 0 Å². The zero-order chi connectivity index (χ0) is 12.0. The minimum atomic E-state index is 0.416. The lowest BCUT2D eigenvalue weighted by Crippen LogP contribution is -2.11. The Morgan fingerprint density at radius 3 is 2.19 bits per heavy atom. The minimum Gasteiger partial charge on any atom is -0.313 e. The van der Waals surface area contributed by atoms with E-state index >= 15 is 0 Å². The van der Waals surface area contributed by atoms with Gasteiger partial charge in [0, 0.05) is 6.04 Å². The monoisotopic (exact) mass is 215 g/mol. The third kappa shape index (κ3) is 2.83. The molecule has 2 rings (SSSR count). The van der Waals surface area contributed by atoms with Crippen LogP contribution in [0.25, 0.3) is 10.8 Å². The molecule has 16 heavy (non-hydrogen) atoms. The van der Waals surface area contributed by atoms with E-state index in [9.17, 15) is 0 Å². The van der Waals surface area contributed by atoms with Crippen molar-refractivity contribution in [1.82, 2.24) is 5.32 Å². The van der Waals surface area contributed by atoms with Crippen molar-refractivity contribution in [3.05, 3.63) is 48.0 Å². The van der Waals surface area contributed by atoms with Crippen molar-refractivity contribution in [2.75, 3.05) is 7.05 Å². The summed E-state index contributed by atoms with van der Waals surface area (Å²) in [5.41, 5.74) is 1.34. The molecule has 0 saturated carbocycles. The summed E-state index contributed by atoms with van der Waals surface area (Å²) in [5, 5.41) is 5.86. The summed E-state index contributed by atoms with van der Waals surface area (Å²) >= 11 is 0. The predicted octanol–water partition coefficient (Wildman–Crippen LogP) is 4.15. The maximum Gasteiger partial charge on any atom is 0.0289 e. The van der Waals surface area contributed by atoms with Crippen molar-refractivity contribution in [1.29, 1.82) is 0 Å². The van der Waals surface area contributed by atoms with E-state index in [4.69, 9.17) is 0 Å². The van der Waals surface area contributed by atoms with Gasteiger partial charge < -0.3 is 5.32 Å². The van der Waals surface area contributed by atoms with Crippen LogP contribution in [-0.4, -0.2) is 7.05 Å². The summed E-state index contributed by atoms with van der Waals surface area (Å²) in [5.74, 6) is 0. The van der Waals surface area contributed by atoms with E-state index in [-0.39, 0.29) is 0 Å². The Balaban J connectivity index is 0.000000606. The number of fused-ring (bicyclic) bond motifs is 1. The molecule has 1 atom stereocenters. The second-order valence-electron chi connectivity index (χ2n) is 3.62. The van der Waals surface area contributed by atoms with Crippen LogP contribution in [0.2, 0.25) is 0 Å². The summed E-state index contributed by atoms with van der Waals surface area (Å²) in [7, 11) is 1.99. The summed E-state index contributed by atoms with van der Waals surface area (Å²) < 4.78 is 0. The molecule has 0 radical (unpaired) electrons. The summed E-state index contributed by atoms with van der Waals surface area (Å²) in [6.45, 7) is 6.17. The van der Waals surface area contributed by atoms with Gasteiger partial charge in [0.2, 0.25) is 0 Å². The molecule has 0 aliphatic rings. The van der Waals surface area contributed by atoms with Crippen LogP contribution >= 0.6 is 0 Å². The number of rotatable bonds is 2. The fourth-order valence-electron chi connectivity index (χ4n) is 1.64. The smallest absolute Gasteiger partial charge is 0.0289 e. The Morgan fingerprint density at radius 1 is 0.938 bits per heavy atom. The molecular formula is C15H21N. The van der Waals surface area contributed by atoms with Crippen molar-refractivity contribution >= 4 is 10.8 Å². The van der Waals surface area contributed by atoms with Crippen LogP contribution in [0, 0.1) is 0 Å². The van der Waals surface area contributed by atoms with Gasteiger partial charge in [-0.1, -0.05) is 50.2 Å². The SMILES string of the molecule is CC.CNC(C)c1ccc2ccccc2c1. The van der Waals surface area contributed by atoms with E-state index in [2.05, 4.69) is 54.7 Å². The van der Waals surface area contributed by atoms with Crippen LogP contribution in [-0.2, 0) is 0 Å². The van der Waals surface area contributed by atoms with E-state index in [0.717, 1.165) is 0 Å².